The summed E-state index contributed by atoms with van der Waals surface area (Å²) < 4.78 is 27.7. The molecule has 1 atom stereocenters. The minimum Gasteiger partial charge on any atom is -0.340 e. The minimum absolute atomic E-state index is 0.0235. The van der Waals surface area contributed by atoms with Crippen molar-refractivity contribution in [2.75, 3.05) is 33.2 Å². The molecular weight excluding hydrogens is 422 g/mol. The highest BCUT2D eigenvalue weighted by molar-refractivity contribution is 7.89. The summed E-state index contributed by atoms with van der Waals surface area (Å²) in [5.41, 5.74) is 2.17. The van der Waals surface area contributed by atoms with Crippen LogP contribution in [0.1, 0.15) is 38.8 Å². The molecule has 1 aliphatic rings. The topological polar surface area (TPSA) is 60.9 Å². The third-order valence-electron chi connectivity index (χ3n) is 6.18. The Balaban J connectivity index is 1.59. The van der Waals surface area contributed by atoms with Gasteiger partial charge < -0.3 is 4.90 Å². The molecule has 1 amide bonds. The zero-order chi connectivity index (χ0) is 23.5. The summed E-state index contributed by atoms with van der Waals surface area (Å²) in [4.78, 5) is 17.0. The minimum atomic E-state index is -3.54. The second kappa shape index (κ2) is 9.73. The van der Waals surface area contributed by atoms with Crippen LogP contribution in [0.4, 0.5) is 0 Å². The molecule has 0 spiro atoms. The van der Waals surface area contributed by atoms with Crippen LogP contribution in [0.25, 0.3) is 0 Å². The third-order valence-corrected chi connectivity index (χ3v) is 8.09. The normalized spacial score (nSPS) is 17.2. The van der Waals surface area contributed by atoms with E-state index in [1.807, 2.05) is 56.4 Å². The van der Waals surface area contributed by atoms with E-state index in [1.165, 1.54) is 4.31 Å². The van der Waals surface area contributed by atoms with E-state index >= 15 is 0 Å². The van der Waals surface area contributed by atoms with Crippen molar-refractivity contribution in [1.29, 1.82) is 0 Å². The van der Waals surface area contributed by atoms with Gasteiger partial charge in [-0.25, -0.2) is 8.42 Å². The number of sulfonamides is 1. The summed E-state index contributed by atoms with van der Waals surface area (Å²) in [7, 11) is -1.73. The van der Waals surface area contributed by atoms with Crippen molar-refractivity contribution in [3.8, 4) is 0 Å². The van der Waals surface area contributed by atoms with Crippen molar-refractivity contribution in [2.24, 2.45) is 0 Å². The van der Waals surface area contributed by atoms with E-state index < -0.39 is 10.0 Å². The van der Waals surface area contributed by atoms with Crippen LogP contribution in [0.5, 0.6) is 0 Å². The predicted octanol–water partition coefficient (Wildman–Crippen LogP) is 3.34. The average molecular weight is 458 g/mol. The Morgan fingerprint density at radius 1 is 0.969 bits per heavy atom. The van der Waals surface area contributed by atoms with Crippen LogP contribution in [-0.4, -0.2) is 67.7 Å². The second-order valence-electron chi connectivity index (χ2n) is 9.57. The summed E-state index contributed by atoms with van der Waals surface area (Å²) in [6.07, 6.45) is 0. The highest BCUT2D eigenvalue weighted by atomic mass is 32.2. The smallest absolute Gasteiger partial charge is 0.243 e. The average Bonchev–Trinajstić information content (AvgIpc) is 2.78. The number of carbonyl (C=O) groups excluding carboxylic acids is 1. The number of benzene rings is 2. The third kappa shape index (κ3) is 5.57. The maximum absolute atomic E-state index is 13.1. The van der Waals surface area contributed by atoms with Crippen LogP contribution in [-0.2, 0) is 26.8 Å². The molecule has 174 valence electrons. The van der Waals surface area contributed by atoms with Gasteiger partial charge in [-0.2, -0.15) is 4.31 Å². The second-order valence-corrected chi connectivity index (χ2v) is 11.5. The molecule has 6 nitrogen and oxygen atoms in total. The molecule has 0 saturated carbocycles. The van der Waals surface area contributed by atoms with E-state index in [-0.39, 0.29) is 17.4 Å². The van der Waals surface area contributed by atoms with Crippen molar-refractivity contribution < 1.29 is 13.2 Å². The first kappa shape index (κ1) is 24.4. The van der Waals surface area contributed by atoms with Crippen molar-refractivity contribution in [2.45, 2.75) is 50.6 Å². The first-order valence-electron chi connectivity index (χ1n) is 11.1. The van der Waals surface area contributed by atoms with Gasteiger partial charge in [-0.05, 0) is 35.6 Å². The Hall–Kier alpha value is -2.22. The fourth-order valence-electron chi connectivity index (χ4n) is 4.02. The van der Waals surface area contributed by atoms with Crippen molar-refractivity contribution in [1.82, 2.24) is 14.1 Å². The zero-order valence-electron chi connectivity index (χ0n) is 19.8. The van der Waals surface area contributed by atoms with E-state index in [0.717, 1.165) is 11.1 Å². The molecule has 0 aromatic heterocycles. The zero-order valence-corrected chi connectivity index (χ0v) is 20.6. The van der Waals surface area contributed by atoms with Crippen LogP contribution in [0.2, 0.25) is 0 Å². The lowest BCUT2D eigenvalue weighted by atomic mass is 9.87. The van der Waals surface area contributed by atoms with Gasteiger partial charge in [0.05, 0.1) is 10.9 Å². The molecule has 0 N–H and O–H groups in total. The molecule has 3 rings (SSSR count). The Labute approximate surface area is 192 Å². The standard InChI is InChI=1S/C25H35N3O3S/c1-20(24(29)26(5)19-21-9-7-6-8-10-21)27-15-17-28(18-16-27)32(30,31)23-13-11-22(12-14-23)25(2,3)4/h6-14,20H,15-19H2,1-5H3. The number of likely N-dealkylation sites (N-methyl/N-ethyl adjacent to an activating group) is 1. The van der Waals surface area contributed by atoms with Gasteiger partial charge in [0.1, 0.15) is 0 Å². The molecule has 1 aliphatic heterocycles. The predicted molar refractivity (Wildman–Crippen MR) is 128 cm³/mol. The number of rotatable bonds is 6. The number of nitrogens with zero attached hydrogens (tertiary/aromatic N) is 3. The SMILES string of the molecule is CC(C(=O)N(C)Cc1ccccc1)N1CCN(S(=O)(=O)c2ccc(C(C)(C)C)cc2)CC1. The number of hydrogen-bond acceptors (Lipinski definition) is 4. The Bertz CT molecular complexity index is 1010. The molecule has 0 bridgehead atoms. The van der Waals surface area contributed by atoms with E-state index in [1.54, 1.807) is 17.0 Å². The van der Waals surface area contributed by atoms with Crippen LogP contribution in [0.3, 0.4) is 0 Å². The number of hydrogen-bond donors (Lipinski definition) is 0. The first-order valence-corrected chi connectivity index (χ1v) is 12.6. The molecular formula is C25H35N3O3S. The van der Waals surface area contributed by atoms with E-state index in [2.05, 4.69) is 25.7 Å². The Morgan fingerprint density at radius 3 is 2.06 bits per heavy atom. The molecule has 7 heteroatoms. The number of piperazine rings is 1. The van der Waals surface area contributed by atoms with Crippen molar-refractivity contribution >= 4 is 15.9 Å². The van der Waals surface area contributed by atoms with Crippen LogP contribution < -0.4 is 0 Å². The first-order chi connectivity index (χ1) is 15.0. The lowest BCUT2D eigenvalue weighted by Crippen LogP contribution is -2.54. The fourth-order valence-corrected chi connectivity index (χ4v) is 5.44. The molecule has 1 fully saturated rings. The monoisotopic (exact) mass is 457 g/mol. The lowest BCUT2D eigenvalue weighted by molar-refractivity contribution is -0.136. The molecule has 1 heterocycles. The molecule has 0 aliphatic carbocycles. The molecule has 1 saturated heterocycles. The summed E-state index contributed by atoms with van der Waals surface area (Å²) in [5.74, 6) is 0.0444. The Morgan fingerprint density at radius 2 is 1.53 bits per heavy atom. The van der Waals surface area contributed by atoms with E-state index in [4.69, 9.17) is 0 Å². The quantitative estimate of drug-likeness (QED) is 0.668. The summed E-state index contributed by atoms with van der Waals surface area (Å²) in [5, 5.41) is 0. The van der Waals surface area contributed by atoms with Crippen LogP contribution in [0.15, 0.2) is 59.5 Å². The highest BCUT2D eigenvalue weighted by Gasteiger charge is 2.32. The van der Waals surface area contributed by atoms with E-state index in [0.29, 0.717) is 37.6 Å². The number of carbonyl (C=O) groups is 1. The van der Waals surface area contributed by atoms with Gasteiger partial charge in [-0.15, -0.1) is 0 Å². The van der Waals surface area contributed by atoms with Crippen LogP contribution in [0, 0.1) is 0 Å². The fraction of sp³-hybridized carbons (Fsp3) is 0.480. The van der Waals surface area contributed by atoms with Gasteiger partial charge in [0, 0.05) is 39.8 Å². The summed E-state index contributed by atoms with van der Waals surface area (Å²) in [6, 6.07) is 16.8. The molecule has 0 radical (unpaired) electrons. The molecule has 2 aromatic carbocycles. The lowest BCUT2D eigenvalue weighted by Gasteiger charge is -2.38. The maximum Gasteiger partial charge on any atom is 0.243 e. The van der Waals surface area contributed by atoms with E-state index in [9.17, 15) is 13.2 Å². The van der Waals surface area contributed by atoms with Gasteiger partial charge in [0.25, 0.3) is 0 Å². The summed E-state index contributed by atoms with van der Waals surface area (Å²) >= 11 is 0. The maximum atomic E-state index is 13.1. The molecule has 32 heavy (non-hydrogen) atoms. The van der Waals surface area contributed by atoms with Gasteiger partial charge >= 0.3 is 0 Å². The molecule has 2 aromatic rings. The van der Waals surface area contributed by atoms with Crippen molar-refractivity contribution in [3.63, 3.8) is 0 Å². The van der Waals surface area contributed by atoms with Gasteiger partial charge in [0.2, 0.25) is 15.9 Å². The Kier molecular flexibility index (Phi) is 7.43. The number of amides is 1. The largest absolute Gasteiger partial charge is 0.340 e. The van der Waals surface area contributed by atoms with Gasteiger partial charge in [0.15, 0.2) is 0 Å². The van der Waals surface area contributed by atoms with Gasteiger partial charge in [-0.3, -0.25) is 9.69 Å². The van der Waals surface area contributed by atoms with Crippen LogP contribution >= 0.6 is 0 Å². The molecule has 1 unspecified atom stereocenters. The van der Waals surface area contributed by atoms with Crippen molar-refractivity contribution in [3.05, 3.63) is 65.7 Å². The highest BCUT2D eigenvalue weighted by Crippen LogP contribution is 2.25. The summed E-state index contributed by atoms with van der Waals surface area (Å²) in [6.45, 7) is 10.6. The van der Waals surface area contributed by atoms with Gasteiger partial charge in [-0.1, -0.05) is 63.2 Å².